The molecule has 2 saturated heterocycles. The van der Waals surface area contributed by atoms with Crippen molar-refractivity contribution in [1.29, 1.82) is 0 Å². The van der Waals surface area contributed by atoms with Gasteiger partial charge in [-0.15, -0.1) is 0 Å². The van der Waals surface area contributed by atoms with E-state index in [1.165, 1.54) is 17.1 Å². The first-order valence-corrected chi connectivity index (χ1v) is 8.64. The van der Waals surface area contributed by atoms with Gasteiger partial charge in [0.1, 0.15) is 0 Å². The van der Waals surface area contributed by atoms with Crippen molar-refractivity contribution in [1.82, 2.24) is 9.62 Å². The Kier molecular flexibility index (Phi) is 3.96. The molecule has 1 aromatic carbocycles. The second kappa shape index (κ2) is 5.71. The Morgan fingerprint density at radius 1 is 1.15 bits per heavy atom. The molecule has 6 heteroatoms. The minimum atomic E-state index is -3.35. The fourth-order valence-corrected chi connectivity index (χ4v) is 4.60. The highest BCUT2D eigenvalue weighted by molar-refractivity contribution is 7.90. The van der Waals surface area contributed by atoms with Crippen LogP contribution in [0.3, 0.4) is 0 Å². The summed E-state index contributed by atoms with van der Waals surface area (Å²) < 4.78 is 28.3. The van der Waals surface area contributed by atoms with Crippen LogP contribution in [0.15, 0.2) is 30.3 Å². The van der Waals surface area contributed by atoms with E-state index in [1.54, 1.807) is 4.31 Å². The van der Waals surface area contributed by atoms with Crippen LogP contribution in [0.1, 0.15) is 19.3 Å². The van der Waals surface area contributed by atoms with Crippen molar-refractivity contribution in [3.8, 4) is 0 Å². The zero-order valence-corrected chi connectivity index (χ0v) is 12.3. The number of hydrogen-bond donors (Lipinski definition) is 1. The minimum absolute atomic E-state index is 0.300. The van der Waals surface area contributed by atoms with E-state index in [1.807, 2.05) is 30.3 Å². The van der Waals surface area contributed by atoms with E-state index in [4.69, 9.17) is 0 Å². The number of anilines is 1. The topological polar surface area (TPSA) is 52.7 Å². The number of rotatable bonds is 3. The van der Waals surface area contributed by atoms with Gasteiger partial charge < -0.3 is 5.32 Å². The maximum absolute atomic E-state index is 12.6. The van der Waals surface area contributed by atoms with Crippen molar-refractivity contribution in [2.45, 2.75) is 25.3 Å². The molecule has 2 aliphatic heterocycles. The average Bonchev–Trinajstić information content (AvgIpc) is 2.76. The lowest BCUT2D eigenvalue weighted by molar-refractivity contribution is 0.327. The fourth-order valence-electron chi connectivity index (χ4n) is 2.94. The van der Waals surface area contributed by atoms with Gasteiger partial charge in [0, 0.05) is 25.7 Å². The van der Waals surface area contributed by atoms with E-state index in [2.05, 4.69) is 5.32 Å². The van der Waals surface area contributed by atoms with Crippen molar-refractivity contribution < 1.29 is 8.42 Å². The number of nitrogens with zero attached hydrogens (tertiary/aromatic N) is 2. The summed E-state index contributed by atoms with van der Waals surface area (Å²) in [6, 6.07) is 9.64. The summed E-state index contributed by atoms with van der Waals surface area (Å²) in [6.07, 6.45) is 3.45. The molecule has 110 valence electrons. The van der Waals surface area contributed by atoms with Gasteiger partial charge in [-0.25, -0.2) is 0 Å². The molecule has 3 rings (SSSR count). The van der Waals surface area contributed by atoms with Crippen molar-refractivity contribution in [2.75, 3.05) is 30.5 Å². The molecule has 1 atom stereocenters. The largest absolute Gasteiger partial charge is 0.313 e. The van der Waals surface area contributed by atoms with Crippen molar-refractivity contribution in [2.24, 2.45) is 0 Å². The molecule has 5 nitrogen and oxygen atoms in total. The SMILES string of the molecule is O=S1(=O)N(CC2CCCCN2)CCN1c1ccccc1. The third kappa shape index (κ3) is 2.68. The molecule has 0 radical (unpaired) electrons. The molecular formula is C14H21N3O2S. The van der Waals surface area contributed by atoms with Crippen LogP contribution in [-0.4, -0.2) is 44.9 Å². The molecule has 2 fully saturated rings. The second-order valence-corrected chi connectivity index (χ2v) is 7.27. The van der Waals surface area contributed by atoms with Gasteiger partial charge in [-0.05, 0) is 31.5 Å². The summed E-state index contributed by atoms with van der Waals surface area (Å²) in [5, 5.41) is 3.41. The molecule has 1 aromatic rings. The third-order valence-electron chi connectivity index (χ3n) is 4.04. The Balaban J connectivity index is 1.72. The Labute approximate surface area is 120 Å². The lowest BCUT2D eigenvalue weighted by Crippen LogP contribution is -2.45. The first-order valence-electron chi connectivity index (χ1n) is 7.24. The number of para-hydroxylation sites is 1. The molecule has 20 heavy (non-hydrogen) atoms. The van der Waals surface area contributed by atoms with E-state index in [0.29, 0.717) is 25.7 Å². The maximum atomic E-state index is 12.6. The lowest BCUT2D eigenvalue weighted by Gasteiger charge is -2.27. The summed E-state index contributed by atoms with van der Waals surface area (Å²) in [7, 11) is -3.35. The van der Waals surface area contributed by atoms with Crippen LogP contribution in [0, 0.1) is 0 Å². The number of piperidine rings is 1. The zero-order chi connectivity index (χ0) is 14.0. The highest BCUT2D eigenvalue weighted by Gasteiger charge is 2.37. The van der Waals surface area contributed by atoms with E-state index in [0.717, 1.165) is 18.7 Å². The second-order valence-electron chi connectivity index (χ2n) is 5.42. The van der Waals surface area contributed by atoms with Crippen molar-refractivity contribution >= 4 is 15.9 Å². The molecular weight excluding hydrogens is 274 g/mol. The first-order chi connectivity index (χ1) is 9.68. The Morgan fingerprint density at radius 3 is 2.65 bits per heavy atom. The van der Waals surface area contributed by atoms with Crippen molar-refractivity contribution in [3.63, 3.8) is 0 Å². The van der Waals surface area contributed by atoms with Gasteiger partial charge in [0.15, 0.2) is 0 Å². The molecule has 1 unspecified atom stereocenters. The summed E-state index contributed by atoms with van der Waals surface area (Å²) >= 11 is 0. The van der Waals surface area contributed by atoms with E-state index in [9.17, 15) is 8.42 Å². The van der Waals surface area contributed by atoms with Crippen LogP contribution in [0.4, 0.5) is 5.69 Å². The summed E-state index contributed by atoms with van der Waals surface area (Å²) in [6.45, 7) is 2.71. The van der Waals surface area contributed by atoms with Crippen LogP contribution in [-0.2, 0) is 10.2 Å². The quantitative estimate of drug-likeness (QED) is 0.911. The molecule has 1 N–H and O–H groups in total. The first kappa shape index (κ1) is 13.9. The normalized spacial score (nSPS) is 26.8. The van der Waals surface area contributed by atoms with Gasteiger partial charge in [-0.3, -0.25) is 4.31 Å². The van der Waals surface area contributed by atoms with Crippen LogP contribution in [0.25, 0.3) is 0 Å². The maximum Gasteiger partial charge on any atom is 0.304 e. The predicted octanol–water partition coefficient (Wildman–Crippen LogP) is 1.20. The Bertz CT molecular complexity index is 541. The van der Waals surface area contributed by atoms with Gasteiger partial charge in [-0.2, -0.15) is 12.7 Å². The van der Waals surface area contributed by atoms with Crippen molar-refractivity contribution in [3.05, 3.63) is 30.3 Å². The third-order valence-corrected chi connectivity index (χ3v) is 5.97. The van der Waals surface area contributed by atoms with Gasteiger partial charge >= 0.3 is 10.2 Å². The molecule has 0 aromatic heterocycles. The van der Waals surface area contributed by atoms with Gasteiger partial charge in [0.05, 0.1) is 5.69 Å². The Hall–Kier alpha value is -1.11. The molecule has 2 aliphatic rings. The smallest absolute Gasteiger partial charge is 0.304 e. The fraction of sp³-hybridized carbons (Fsp3) is 0.571. The standard InChI is InChI=1S/C14H21N3O2S/c18-20(19)16(12-13-6-4-5-9-15-13)10-11-17(20)14-7-2-1-3-8-14/h1-3,7-8,13,15H,4-6,9-12H2. The van der Waals surface area contributed by atoms with Crippen LogP contribution in [0.5, 0.6) is 0 Å². The molecule has 0 spiro atoms. The monoisotopic (exact) mass is 295 g/mol. The predicted molar refractivity (Wildman–Crippen MR) is 79.9 cm³/mol. The number of nitrogens with one attached hydrogen (secondary N) is 1. The van der Waals surface area contributed by atoms with Crippen LogP contribution < -0.4 is 9.62 Å². The van der Waals surface area contributed by atoms with Crippen LogP contribution in [0.2, 0.25) is 0 Å². The molecule has 0 bridgehead atoms. The highest BCUT2D eigenvalue weighted by Crippen LogP contribution is 2.25. The highest BCUT2D eigenvalue weighted by atomic mass is 32.2. The molecule has 0 aliphatic carbocycles. The van der Waals surface area contributed by atoms with Crippen LogP contribution >= 0.6 is 0 Å². The van der Waals surface area contributed by atoms with Gasteiger partial charge in [0.2, 0.25) is 0 Å². The molecule has 2 heterocycles. The van der Waals surface area contributed by atoms with Gasteiger partial charge in [0.25, 0.3) is 0 Å². The average molecular weight is 295 g/mol. The van der Waals surface area contributed by atoms with E-state index >= 15 is 0 Å². The zero-order valence-electron chi connectivity index (χ0n) is 11.5. The number of hydrogen-bond acceptors (Lipinski definition) is 3. The molecule has 0 amide bonds. The summed E-state index contributed by atoms with van der Waals surface area (Å²) in [4.78, 5) is 0. The molecule has 0 saturated carbocycles. The van der Waals surface area contributed by atoms with E-state index < -0.39 is 10.2 Å². The summed E-state index contributed by atoms with van der Waals surface area (Å²) in [5.74, 6) is 0. The lowest BCUT2D eigenvalue weighted by atomic mass is 10.1. The van der Waals surface area contributed by atoms with Gasteiger partial charge in [-0.1, -0.05) is 24.6 Å². The summed E-state index contributed by atoms with van der Waals surface area (Å²) in [5.41, 5.74) is 0.756. The Morgan fingerprint density at radius 2 is 1.95 bits per heavy atom. The van der Waals surface area contributed by atoms with E-state index in [-0.39, 0.29) is 0 Å². The minimum Gasteiger partial charge on any atom is -0.313 e. The number of benzene rings is 1.